The summed E-state index contributed by atoms with van der Waals surface area (Å²) < 4.78 is 27.8. The van der Waals surface area contributed by atoms with E-state index >= 15 is 0 Å². The highest BCUT2D eigenvalue weighted by atomic mass is 35.5. The SMILES string of the molecule is CN1CCN(C2CCCCN(S(=O)(=O)c3cc(Cl)cnc3N)C2)CC1. The molecule has 2 saturated heterocycles. The van der Waals surface area contributed by atoms with Gasteiger partial charge in [0.05, 0.1) is 5.02 Å². The van der Waals surface area contributed by atoms with E-state index in [4.69, 9.17) is 17.3 Å². The lowest BCUT2D eigenvalue weighted by Gasteiger charge is -2.38. The standard InChI is InChI=1S/C16H26ClN5O2S/c1-20-6-8-21(9-7-20)14-4-2-3-5-22(12-14)25(23,24)15-10-13(17)11-19-16(15)18/h10-11,14H,2-9,12H2,1H3,(H2,18,19). The Morgan fingerprint density at radius 1 is 1.20 bits per heavy atom. The van der Waals surface area contributed by atoms with Crippen LogP contribution in [0.5, 0.6) is 0 Å². The van der Waals surface area contributed by atoms with E-state index in [2.05, 4.69) is 21.8 Å². The molecule has 2 N–H and O–H groups in total. The van der Waals surface area contributed by atoms with Crippen molar-refractivity contribution in [1.29, 1.82) is 0 Å². The van der Waals surface area contributed by atoms with Crippen LogP contribution in [-0.2, 0) is 10.0 Å². The van der Waals surface area contributed by atoms with Gasteiger partial charge in [-0.05, 0) is 26.0 Å². The van der Waals surface area contributed by atoms with Crippen molar-refractivity contribution < 1.29 is 8.42 Å². The molecular weight excluding hydrogens is 362 g/mol. The normalized spacial score (nSPS) is 25.0. The summed E-state index contributed by atoms with van der Waals surface area (Å²) in [5.74, 6) is 0.00444. The van der Waals surface area contributed by atoms with Crippen molar-refractivity contribution in [2.45, 2.75) is 30.2 Å². The molecule has 2 aliphatic heterocycles. The molecule has 25 heavy (non-hydrogen) atoms. The third-order valence-electron chi connectivity index (χ3n) is 5.13. The first kappa shape index (κ1) is 18.8. The summed E-state index contributed by atoms with van der Waals surface area (Å²) in [7, 11) is -1.58. The Morgan fingerprint density at radius 2 is 1.92 bits per heavy atom. The molecule has 140 valence electrons. The van der Waals surface area contributed by atoms with Crippen molar-refractivity contribution in [3.63, 3.8) is 0 Å². The van der Waals surface area contributed by atoms with Gasteiger partial charge in [0, 0.05) is 51.5 Å². The molecule has 0 spiro atoms. The fourth-order valence-electron chi connectivity index (χ4n) is 3.57. The maximum Gasteiger partial charge on any atom is 0.246 e. The highest BCUT2D eigenvalue weighted by Crippen LogP contribution is 2.27. The molecule has 3 heterocycles. The van der Waals surface area contributed by atoms with Gasteiger partial charge < -0.3 is 10.6 Å². The smallest absolute Gasteiger partial charge is 0.246 e. The Bertz CT molecular complexity index is 706. The number of pyridine rings is 1. The summed E-state index contributed by atoms with van der Waals surface area (Å²) >= 11 is 5.94. The average Bonchev–Trinajstić information content (AvgIpc) is 2.84. The van der Waals surface area contributed by atoms with Gasteiger partial charge in [-0.15, -0.1) is 0 Å². The van der Waals surface area contributed by atoms with Crippen molar-refractivity contribution in [3.8, 4) is 0 Å². The Kier molecular flexibility index (Phi) is 5.85. The molecule has 1 atom stereocenters. The maximum absolute atomic E-state index is 13.1. The van der Waals surface area contributed by atoms with Crippen LogP contribution in [0.15, 0.2) is 17.2 Å². The molecule has 1 aromatic heterocycles. The number of aromatic nitrogens is 1. The number of rotatable bonds is 3. The highest BCUT2D eigenvalue weighted by molar-refractivity contribution is 7.89. The maximum atomic E-state index is 13.1. The fourth-order valence-corrected chi connectivity index (χ4v) is 5.40. The topological polar surface area (TPSA) is 82.8 Å². The Morgan fingerprint density at radius 3 is 2.64 bits per heavy atom. The van der Waals surface area contributed by atoms with Crippen LogP contribution in [0.1, 0.15) is 19.3 Å². The van der Waals surface area contributed by atoms with E-state index in [1.54, 1.807) is 4.31 Å². The number of likely N-dealkylation sites (N-methyl/N-ethyl adjacent to an activating group) is 1. The number of nitrogens with zero attached hydrogens (tertiary/aromatic N) is 4. The van der Waals surface area contributed by atoms with Crippen LogP contribution in [-0.4, -0.2) is 79.9 Å². The van der Waals surface area contributed by atoms with Crippen LogP contribution in [0.4, 0.5) is 5.82 Å². The zero-order valence-electron chi connectivity index (χ0n) is 14.6. The first-order valence-electron chi connectivity index (χ1n) is 8.71. The van der Waals surface area contributed by atoms with Gasteiger partial charge in [0.2, 0.25) is 10.0 Å². The van der Waals surface area contributed by atoms with Crippen LogP contribution in [0, 0.1) is 0 Å². The molecule has 1 unspecified atom stereocenters. The zero-order valence-corrected chi connectivity index (χ0v) is 16.1. The van der Waals surface area contributed by atoms with Gasteiger partial charge in [-0.1, -0.05) is 18.0 Å². The molecule has 0 radical (unpaired) electrons. The number of piperazine rings is 1. The second kappa shape index (κ2) is 7.75. The van der Waals surface area contributed by atoms with Crippen LogP contribution in [0.25, 0.3) is 0 Å². The van der Waals surface area contributed by atoms with Crippen LogP contribution < -0.4 is 5.73 Å². The van der Waals surface area contributed by atoms with Gasteiger partial charge >= 0.3 is 0 Å². The van der Waals surface area contributed by atoms with E-state index < -0.39 is 10.0 Å². The number of nitrogen functional groups attached to an aromatic ring is 1. The van der Waals surface area contributed by atoms with Crippen LogP contribution >= 0.6 is 11.6 Å². The molecule has 0 aromatic carbocycles. The minimum absolute atomic E-state index is 0.00444. The average molecular weight is 388 g/mol. The number of hydrogen-bond acceptors (Lipinski definition) is 6. The van der Waals surface area contributed by atoms with E-state index in [0.29, 0.717) is 13.1 Å². The summed E-state index contributed by atoms with van der Waals surface area (Å²) in [6.07, 6.45) is 4.29. The predicted molar refractivity (Wildman–Crippen MR) is 99.1 cm³/mol. The van der Waals surface area contributed by atoms with E-state index in [0.717, 1.165) is 45.4 Å². The van der Waals surface area contributed by atoms with Crippen molar-refractivity contribution in [2.24, 2.45) is 0 Å². The van der Waals surface area contributed by atoms with E-state index in [1.807, 2.05) is 0 Å². The van der Waals surface area contributed by atoms with E-state index in [1.165, 1.54) is 12.3 Å². The Labute approximate surface area is 154 Å². The first-order chi connectivity index (χ1) is 11.9. The summed E-state index contributed by atoms with van der Waals surface area (Å²) in [4.78, 5) is 8.65. The number of halogens is 1. The third-order valence-corrected chi connectivity index (χ3v) is 7.23. The Balaban J connectivity index is 1.81. The molecule has 9 heteroatoms. The second-order valence-electron chi connectivity index (χ2n) is 6.89. The third kappa shape index (κ3) is 4.25. The summed E-state index contributed by atoms with van der Waals surface area (Å²) in [5, 5.41) is 0.276. The predicted octanol–water partition coefficient (Wildman–Crippen LogP) is 1.11. The van der Waals surface area contributed by atoms with Gasteiger partial charge in [-0.2, -0.15) is 4.31 Å². The van der Waals surface area contributed by atoms with Gasteiger partial charge in [-0.3, -0.25) is 4.90 Å². The summed E-state index contributed by atoms with van der Waals surface area (Å²) in [6, 6.07) is 1.65. The molecule has 0 aliphatic carbocycles. The number of anilines is 1. The summed E-state index contributed by atoms with van der Waals surface area (Å²) in [6.45, 7) is 5.02. The van der Waals surface area contributed by atoms with Crippen molar-refractivity contribution >= 4 is 27.4 Å². The fraction of sp³-hybridized carbons (Fsp3) is 0.688. The summed E-state index contributed by atoms with van der Waals surface area (Å²) in [5.41, 5.74) is 5.82. The van der Waals surface area contributed by atoms with Gasteiger partial charge in [-0.25, -0.2) is 13.4 Å². The van der Waals surface area contributed by atoms with Crippen molar-refractivity contribution in [2.75, 3.05) is 52.0 Å². The molecule has 0 bridgehead atoms. The quantitative estimate of drug-likeness (QED) is 0.836. The number of sulfonamides is 1. The van der Waals surface area contributed by atoms with Gasteiger partial charge in [0.15, 0.2) is 0 Å². The van der Waals surface area contributed by atoms with Gasteiger partial charge in [0.25, 0.3) is 0 Å². The minimum Gasteiger partial charge on any atom is -0.383 e. The van der Waals surface area contributed by atoms with Crippen molar-refractivity contribution in [1.82, 2.24) is 19.1 Å². The number of nitrogens with two attached hydrogens (primary N) is 1. The molecule has 2 aliphatic rings. The first-order valence-corrected chi connectivity index (χ1v) is 10.5. The lowest BCUT2D eigenvalue weighted by atomic mass is 10.1. The zero-order chi connectivity index (χ0) is 18.0. The van der Waals surface area contributed by atoms with Crippen LogP contribution in [0.2, 0.25) is 5.02 Å². The second-order valence-corrected chi connectivity index (χ2v) is 9.23. The molecule has 0 amide bonds. The van der Waals surface area contributed by atoms with E-state index in [-0.39, 0.29) is 21.8 Å². The molecule has 1 aromatic rings. The van der Waals surface area contributed by atoms with Crippen LogP contribution in [0.3, 0.4) is 0 Å². The van der Waals surface area contributed by atoms with Gasteiger partial charge in [0.1, 0.15) is 10.7 Å². The lowest BCUT2D eigenvalue weighted by molar-refractivity contribution is 0.100. The Hall–Kier alpha value is -0.930. The van der Waals surface area contributed by atoms with E-state index in [9.17, 15) is 8.42 Å². The molecule has 2 fully saturated rings. The molecular formula is C16H26ClN5O2S. The lowest BCUT2D eigenvalue weighted by Crippen LogP contribution is -2.52. The molecule has 3 rings (SSSR count). The minimum atomic E-state index is -3.70. The largest absolute Gasteiger partial charge is 0.383 e. The molecule has 7 nitrogen and oxygen atoms in total. The monoisotopic (exact) mass is 387 g/mol. The van der Waals surface area contributed by atoms with Crippen molar-refractivity contribution in [3.05, 3.63) is 17.3 Å². The molecule has 0 saturated carbocycles. The highest BCUT2D eigenvalue weighted by Gasteiger charge is 2.33. The number of hydrogen-bond donors (Lipinski definition) is 1.